The minimum atomic E-state index is -0.743. The van der Waals surface area contributed by atoms with Crippen molar-refractivity contribution in [1.82, 2.24) is 0 Å². The first-order chi connectivity index (χ1) is 5.10. The van der Waals surface area contributed by atoms with Crippen LogP contribution in [0.5, 0.6) is 0 Å². The summed E-state index contributed by atoms with van der Waals surface area (Å²) in [5.41, 5.74) is -0.288. The molecule has 0 saturated heterocycles. The topological polar surface area (TPSA) is 38.7 Å². The van der Waals surface area contributed by atoms with E-state index >= 15 is 0 Å². The first-order valence-corrected chi connectivity index (χ1v) is 3.80. The Morgan fingerprint density at radius 2 is 2.00 bits per heavy atom. The zero-order valence-corrected chi connectivity index (χ0v) is 7.76. The fraction of sp³-hybridized carbons (Fsp3) is 1.00. The minimum absolute atomic E-state index is 0.288. The lowest BCUT2D eigenvalue weighted by atomic mass is 9.88. The molecular formula is C8H18O3. The zero-order chi connectivity index (χ0) is 8.91. The fourth-order valence-corrected chi connectivity index (χ4v) is 0.962. The molecule has 1 N–H and O–H groups in total. The van der Waals surface area contributed by atoms with E-state index in [2.05, 4.69) is 0 Å². The van der Waals surface area contributed by atoms with Crippen molar-refractivity contribution < 1.29 is 14.6 Å². The van der Waals surface area contributed by atoms with E-state index < -0.39 is 6.29 Å². The molecule has 0 rings (SSSR count). The van der Waals surface area contributed by atoms with Crippen LogP contribution in [0.3, 0.4) is 0 Å². The van der Waals surface area contributed by atoms with E-state index in [1.165, 1.54) is 7.11 Å². The highest BCUT2D eigenvalue weighted by Gasteiger charge is 2.31. The van der Waals surface area contributed by atoms with Crippen LogP contribution in [0.25, 0.3) is 0 Å². The molecule has 68 valence electrons. The van der Waals surface area contributed by atoms with E-state index in [0.717, 1.165) is 6.42 Å². The number of hydrogen-bond acceptors (Lipinski definition) is 3. The molecule has 0 aliphatic rings. The van der Waals surface area contributed by atoms with Gasteiger partial charge in [-0.3, -0.25) is 0 Å². The lowest BCUT2D eigenvalue weighted by molar-refractivity contribution is -0.169. The Balaban J connectivity index is 4.07. The van der Waals surface area contributed by atoms with E-state index in [1.807, 2.05) is 13.8 Å². The van der Waals surface area contributed by atoms with Gasteiger partial charge in [0.15, 0.2) is 6.29 Å². The second kappa shape index (κ2) is 4.70. The third-order valence-corrected chi connectivity index (χ3v) is 2.10. The predicted octanol–water partition coefficient (Wildman–Crippen LogP) is 1.01. The van der Waals surface area contributed by atoms with Crippen molar-refractivity contribution in [1.29, 1.82) is 0 Å². The molecule has 0 aliphatic carbocycles. The number of hydrogen-bond donors (Lipinski definition) is 1. The molecule has 0 bridgehead atoms. The van der Waals surface area contributed by atoms with Crippen LogP contribution in [-0.2, 0) is 9.47 Å². The van der Waals surface area contributed by atoms with Crippen LogP contribution in [0.4, 0.5) is 0 Å². The Labute approximate surface area is 68.3 Å². The summed E-state index contributed by atoms with van der Waals surface area (Å²) in [7, 11) is 3.12. The Hall–Kier alpha value is -0.120. The van der Waals surface area contributed by atoms with Gasteiger partial charge < -0.3 is 14.6 Å². The second-order valence-corrected chi connectivity index (χ2v) is 3.03. The molecule has 2 unspecified atom stereocenters. The van der Waals surface area contributed by atoms with Gasteiger partial charge in [0.05, 0.1) is 6.61 Å². The summed E-state index contributed by atoms with van der Waals surface area (Å²) in [6, 6.07) is 0. The first kappa shape index (κ1) is 10.9. The molecule has 0 amide bonds. The van der Waals surface area contributed by atoms with Gasteiger partial charge in [0, 0.05) is 19.6 Å². The maximum atomic E-state index is 9.41. The van der Waals surface area contributed by atoms with Crippen LogP contribution in [0.15, 0.2) is 0 Å². The van der Waals surface area contributed by atoms with E-state index in [9.17, 15) is 5.11 Å². The van der Waals surface area contributed by atoms with Crippen molar-refractivity contribution in [2.45, 2.75) is 26.6 Å². The van der Waals surface area contributed by atoms with Gasteiger partial charge in [-0.25, -0.2) is 0 Å². The molecule has 0 heterocycles. The molecule has 0 aromatic carbocycles. The van der Waals surface area contributed by atoms with Crippen LogP contribution in [0.2, 0.25) is 0 Å². The number of methoxy groups -OCH3 is 2. The Morgan fingerprint density at radius 3 is 2.27 bits per heavy atom. The normalized spacial score (nSPS) is 19.4. The summed E-state index contributed by atoms with van der Waals surface area (Å²) in [5.74, 6) is 0. The lowest BCUT2D eigenvalue weighted by Gasteiger charge is -2.31. The summed E-state index contributed by atoms with van der Waals surface area (Å²) in [5, 5.41) is 9.41. The van der Waals surface area contributed by atoms with Crippen LogP contribution < -0.4 is 0 Å². The van der Waals surface area contributed by atoms with Gasteiger partial charge in [-0.05, 0) is 6.42 Å². The second-order valence-electron chi connectivity index (χ2n) is 3.03. The highest BCUT2D eigenvalue weighted by molar-refractivity contribution is 4.74. The van der Waals surface area contributed by atoms with Gasteiger partial charge in [-0.1, -0.05) is 13.8 Å². The highest BCUT2D eigenvalue weighted by Crippen LogP contribution is 2.26. The maximum absolute atomic E-state index is 9.41. The molecule has 0 aromatic heterocycles. The van der Waals surface area contributed by atoms with Gasteiger partial charge in [0.25, 0.3) is 0 Å². The number of aliphatic hydroxyl groups excluding tert-OH is 1. The van der Waals surface area contributed by atoms with Gasteiger partial charge in [0.2, 0.25) is 0 Å². The first-order valence-electron chi connectivity index (χ1n) is 3.80. The van der Waals surface area contributed by atoms with Crippen molar-refractivity contribution in [2.24, 2.45) is 5.41 Å². The van der Waals surface area contributed by atoms with Crippen molar-refractivity contribution in [3.8, 4) is 0 Å². The number of rotatable bonds is 5. The third kappa shape index (κ3) is 2.77. The molecule has 0 aliphatic heterocycles. The van der Waals surface area contributed by atoms with E-state index in [0.29, 0.717) is 6.61 Å². The van der Waals surface area contributed by atoms with Gasteiger partial charge in [-0.15, -0.1) is 0 Å². The largest absolute Gasteiger partial charge is 0.384 e. The van der Waals surface area contributed by atoms with Crippen LogP contribution in [0.1, 0.15) is 20.3 Å². The fourth-order valence-electron chi connectivity index (χ4n) is 0.962. The predicted molar refractivity (Wildman–Crippen MR) is 43.3 cm³/mol. The maximum Gasteiger partial charge on any atom is 0.161 e. The van der Waals surface area contributed by atoms with Crippen LogP contribution in [-0.4, -0.2) is 32.2 Å². The smallest absolute Gasteiger partial charge is 0.161 e. The average Bonchev–Trinajstić information content (AvgIpc) is 2.03. The summed E-state index contributed by atoms with van der Waals surface area (Å²) < 4.78 is 9.82. The monoisotopic (exact) mass is 162 g/mol. The van der Waals surface area contributed by atoms with E-state index in [-0.39, 0.29) is 5.41 Å². The third-order valence-electron chi connectivity index (χ3n) is 2.10. The number of ether oxygens (including phenoxy) is 2. The lowest BCUT2D eigenvalue weighted by Crippen LogP contribution is -2.37. The molecular weight excluding hydrogens is 144 g/mol. The van der Waals surface area contributed by atoms with Crippen LogP contribution >= 0.6 is 0 Å². The Kier molecular flexibility index (Phi) is 4.65. The van der Waals surface area contributed by atoms with E-state index in [1.54, 1.807) is 7.11 Å². The summed E-state index contributed by atoms with van der Waals surface area (Å²) >= 11 is 0. The van der Waals surface area contributed by atoms with Crippen molar-refractivity contribution >= 4 is 0 Å². The molecule has 0 radical (unpaired) electrons. The molecule has 2 atom stereocenters. The minimum Gasteiger partial charge on any atom is -0.384 e. The zero-order valence-electron chi connectivity index (χ0n) is 7.76. The van der Waals surface area contributed by atoms with Crippen LogP contribution in [0, 0.1) is 5.41 Å². The summed E-state index contributed by atoms with van der Waals surface area (Å²) in [6.07, 6.45) is 0.0861. The van der Waals surface area contributed by atoms with Crippen molar-refractivity contribution in [3.05, 3.63) is 0 Å². The Bertz CT molecular complexity index is 106. The van der Waals surface area contributed by atoms with Crippen molar-refractivity contribution in [2.75, 3.05) is 20.8 Å². The highest BCUT2D eigenvalue weighted by atomic mass is 16.6. The molecule has 0 aromatic rings. The molecule has 0 spiro atoms. The summed E-state index contributed by atoms with van der Waals surface area (Å²) in [6.45, 7) is 4.45. The van der Waals surface area contributed by atoms with Gasteiger partial charge >= 0.3 is 0 Å². The van der Waals surface area contributed by atoms with Gasteiger partial charge in [-0.2, -0.15) is 0 Å². The molecule has 3 nitrogen and oxygen atoms in total. The van der Waals surface area contributed by atoms with E-state index in [4.69, 9.17) is 9.47 Å². The van der Waals surface area contributed by atoms with Gasteiger partial charge in [0.1, 0.15) is 0 Å². The quantitative estimate of drug-likeness (QED) is 0.613. The average molecular weight is 162 g/mol. The Morgan fingerprint density at radius 1 is 1.45 bits per heavy atom. The standard InChI is InChI=1S/C8H18O3/c1-5-8(2,6-10-3)7(9)11-4/h7,9H,5-6H2,1-4H3. The van der Waals surface area contributed by atoms with Crippen molar-refractivity contribution in [3.63, 3.8) is 0 Å². The SMILES string of the molecule is CCC(C)(COC)C(O)OC. The number of aliphatic hydroxyl groups is 1. The molecule has 0 fully saturated rings. The molecule has 0 saturated carbocycles. The molecule has 3 heteroatoms. The summed E-state index contributed by atoms with van der Waals surface area (Å²) in [4.78, 5) is 0. The molecule has 11 heavy (non-hydrogen) atoms.